The number of rotatable bonds is 2. The highest BCUT2D eigenvalue weighted by molar-refractivity contribution is 5.57. The molecule has 0 spiro atoms. The molecule has 2 rings (SSSR count). The molecule has 0 saturated carbocycles. The molecular formula is C11H10N2. The van der Waals surface area contributed by atoms with Gasteiger partial charge in [0.2, 0.25) is 0 Å². The Balaban J connectivity index is 2.16. The minimum Gasteiger partial charge on any atom is -0.354 e. The number of aromatic nitrogens is 1. The smallest absolute Gasteiger partial charge is 0.0570 e. The number of para-hydroxylation sites is 1. The van der Waals surface area contributed by atoms with E-state index >= 15 is 0 Å². The van der Waals surface area contributed by atoms with Crippen LogP contribution in [0.2, 0.25) is 0 Å². The molecule has 1 N–H and O–H groups in total. The summed E-state index contributed by atoms with van der Waals surface area (Å²) in [4.78, 5) is 4.02. The molecule has 2 nitrogen and oxygen atoms in total. The molecule has 64 valence electrons. The molecular weight excluding hydrogens is 160 g/mol. The average Bonchev–Trinajstić information content (AvgIpc) is 2.21. The molecule has 13 heavy (non-hydrogen) atoms. The zero-order chi connectivity index (χ0) is 8.93. The Morgan fingerprint density at radius 3 is 2.31 bits per heavy atom. The molecule has 0 saturated heterocycles. The first-order chi connectivity index (χ1) is 6.45. The van der Waals surface area contributed by atoms with Gasteiger partial charge in [-0.25, -0.2) is 0 Å². The first-order valence-electron chi connectivity index (χ1n) is 4.17. The third-order valence-electron chi connectivity index (χ3n) is 1.72. The van der Waals surface area contributed by atoms with Crippen LogP contribution in [0.15, 0.2) is 54.9 Å². The zero-order valence-electron chi connectivity index (χ0n) is 7.14. The minimum absolute atomic E-state index is 1.01. The first-order valence-corrected chi connectivity index (χ1v) is 4.17. The van der Waals surface area contributed by atoms with Gasteiger partial charge in [0.1, 0.15) is 0 Å². The van der Waals surface area contributed by atoms with Crippen molar-refractivity contribution in [3.05, 3.63) is 54.9 Å². The lowest BCUT2D eigenvalue weighted by atomic mass is 10.3. The van der Waals surface area contributed by atoms with Crippen molar-refractivity contribution in [2.24, 2.45) is 0 Å². The number of anilines is 2. The van der Waals surface area contributed by atoms with Crippen LogP contribution in [0.4, 0.5) is 11.4 Å². The van der Waals surface area contributed by atoms with E-state index in [0.717, 1.165) is 11.4 Å². The number of hydrogen-bond acceptors (Lipinski definition) is 2. The summed E-state index contributed by atoms with van der Waals surface area (Å²) in [6.45, 7) is 0. The van der Waals surface area contributed by atoms with Gasteiger partial charge in [0, 0.05) is 11.9 Å². The quantitative estimate of drug-likeness (QED) is 0.749. The molecule has 0 unspecified atom stereocenters. The maximum Gasteiger partial charge on any atom is 0.0570 e. The van der Waals surface area contributed by atoms with Gasteiger partial charge in [-0.3, -0.25) is 4.98 Å². The Labute approximate surface area is 77.3 Å². The van der Waals surface area contributed by atoms with Crippen LogP contribution in [0, 0.1) is 0 Å². The topological polar surface area (TPSA) is 24.9 Å². The lowest BCUT2D eigenvalue weighted by Gasteiger charge is -2.03. The van der Waals surface area contributed by atoms with Gasteiger partial charge < -0.3 is 5.32 Å². The summed E-state index contributed by atoms with van der Waals surface area (Å²) in [5.74, 6) is 0. The number of benzene rings is 1. The molecule has 2 heteroatoms. The van der Waals surface area contributed by atoms with E-state index in [1.165, 1.54) is 0 Å². The molecule has 0 fully saturated rings. The number of pyridine rings is 1. The van der Waals surface area contributed by atoms with Crippen LogP contribution in [-0.2, 0) is 0 Å². The predicted molar refractivity (Wildman–Crippen MR) is 54.0 cm³/mol. The number of nitrogens with one attached hydrogen (secondary N) is 1. The fourth-order valence-corrected chi connectivity index (χ4v) is 1.12. The molecule has 0 aliphatic carbocycles. The van der Waals surface area contributed by atoms with Gasteiger partial charge in [0.05, 0.1) is 11.9 Å². The van der Waals surface area contributed by atoms with Crippen LogP contribution >= 0.6 is 0 Å². The lowest BCUT2D eigenvalue weighted by Crippen LogP contribution is -1.89. The van der Waals surface area contributed by atoms with Gasteiger partial charge in [0.15, 0.2) is 0 Å². The normalized spacial score (nSPS) is 9.54. The molecule has 0 aliphatic heterocycles. The van der Waals surface area contributed by atoms with E-state index in [4.69, 9.17) is 0 Å². The summed E-state index contributed by atoms with van der Waals surface area (Å²) in [6, 6.07) is 13.9. The third-order valence-corrected chi connectivity index (χ3v) is 1.72. The number of nitrogens with zero attached hydrogens (tertiary/aromatic N) is 1. The Hall–Kier alpha value is -1.83. The minimum atomic E-state index is 1.01. The largest absolute Gasteiger partial charge is 0.354 e. The standard InChI is InChI=1S/C11H10N2/c1-2-5-10(6-3-1)13-11-7-4-8-12-9-11/h1-9,13H. The Bertz CT molecular complexity index is 319. The molecule has 0 amide bonds. The molecule has 1 aromatic heterocycles. The predicted octanol–water partition coefficient (Wildman–Crippen LogP) is 2.83. The van der Waals surface area contributed by atoms with Gasteiger partial charge in [0.25, 0.3) is 0 Å². The van der Waals surface area contributed by atoms with Crippen molar-refractivity contribution in [3.8, 4) is 0 Å². The van der Waals surface area contributed by atoms with E-state index in [1.807, 2.05) is 42.5 Å². The Kier molecular flexibility index (Phi) is 2.23. The van der Waals surface area contributed by atoms with Crippen molar-refractivity contribution in [2.75, 3.05) is 5.32 Å². The number of hydrogen-bond donors (Lipinski definition) is 1. The van der Waals surface area contributed by atoms with E-state index in [1.54, 1.807) is 12.4 Å². The van der Waals surface area contributed by atoms with E-state index < -0.39 is 0 Å². The highest BCUT2D eigenvalue weighted by Gasteiger charge is 1.90. The van der Waals surface area contributed by atoms with Gasteiger partial charge in [-0.15, -0.1) is 0 Å². The SMILES string of the molecule is c1ccc(Nc2cccnc2)cc1. The first kappa shape index (κ1) is 7.80. The molecule has 0 atom stereocenters. The maximum absolute atomic E-state index is 4.02. The Morgan fingerprint density at radius 2 is 1.62 bits per heavy atom. The average molecular weight is 170 g/mol. The van der Waals surface area contributed by atoms with Crippen LogP contribution in [0.25, 0.3) is 0 Å². The molecule has 0 bridgehead atoms. The van der Waals surface area contributed by atoms with E-state index in [2.05, 4.69) is 10.3 Å². The molecule has 1 heterocycles. The van der Waals surface area contributed by atoms with E-state index in [9.17, 15) is 0 Å². The van der Waals surface area contributed by atoms with Crippen molar-refractivity contribution < 1.29 is 0 Å². The van der Waals surface area contributed by atoms with Crippen molar-refractivity contribution in [1.82, 2.24) is 4.98 Å². The third kappa shape index (κ3) is 2.06. The second-order valence-corrected chi connectivity index (χ2v) is 2.73. The van der Waals surface area contributed by atoms with Crippen molar-refractivity contribution in [1.29, 1.82) is 0 Å². The van der Waals surface area contributed by atoms with Crippen LogP contribution in [0.1, 0.15) is 0 Å². The fraction of sp³-hybridized carbons (Fsp3) is 0. The van der Waals surface area contributed by atoms with E-state index in [-0.39, 0.29) is 0 Å². The van der Waals surface area contributed by atoms with Crippen molar-refractivity contribution in [2.45, 2.75) is 0 Å². The van der Waals surface area contributed by atoms with Crippen molar-refractivity contribution in [3.63, 3.8) is 0 Å². The summed E-state index contributed by atoms with van der Waals surface area (Å²) >= 11 is 0. The van der Waals surface area contributed by atoms with Crippen LogP contribution < -0.4 is 5.32 Å². The van der Waals surface area contributed by atoms with E-state index in [0.29, 0.717) is 0 Å². The summed E-state index contributed by atoms with van der Waals surface area (Å²) in [5, 5.41) is 3.24. The molecule has 0 radical (unpaired) electrons. The highest BCUT2D eigenvalue weighted by atomic mass is 14.9. The van der Waals surface area contributed by atoms with Gasteiger partial charge >= 0.3 is 0 Å². The summed E-state index contributed by atoms with van der Waals surface area (Å²) in [7, 11) is 0. The maximum atomic E-state index is 4.02. The second kappa shape index (κ2) is 3.72. The Morgan fingerprint density at radius 1 is 0.846 bits per heavy atom. The highest BCUT2D eigenvalue weighted by Crippen LogP contribution is 2.13. The lowest BCUT2D eigenvalue weighted by molar-refractivity contribution is 1.32. The van der Waals surface area contributed by atoms with Gasteiger partial charge in [-0.1, -0.05) is 18.2 Å². The zero-order valence-corrected chi connectivity index (χ0v) is 7.14. The monoisotopic (exact) mass is 170 g/mol. The summed E-state index contributed by atoms with van der Waals surface area (Å²) in [6.07, 6.45) is 3.56. The van der Waals surface area contributed by atoms with Crippen LogP contribution in [-0.4, -0.2) is 4.98 Å². The summed E-state index contributed by atoms with van der Waals surface area (Å²) < 4.78 is 0. The second-order valence-electron chi connectivity index (χ2n) is 2.73. The fourth-order valence-electron chi connectivity index (χ4n) is 1.12. The van der Waals surface area contributed by atoms with Crippen LogP contribution in [0.3, 0.4) is 0 Å². The molecule has 2 aromatic rings. The molecule has 1 aromatic carbocycles. The summed E-state index contributed by atoms with van der Waals surface area (Å²) in [5.41, 5.74) is 2.09. The molecule has 0 aliphatic rings. The van der Waals surface area contributed by atoms with Gasteiger partial charge in [-0.05, 0) is 24.3 Å². The van der Waals surface area contributed by atoms with Crippen LogP contribution in [0.5, 0.6) is 0 Å². The van der Waals surface area contributed by atoms with Crippen molar-refractivity contribution >= 4 is 11.4 Å². The van der Waals surface area contributed by atoms with Gasteiger partial charge in [-0.2, -0.15) is 0 Å².